The summed E-state index contributed by atoms with van der Waals surface area (Å²) in [6.45, 7) is 14.6. The second-order valence-corrected chi connectivity index (χ2v) is 16.7. The fourth-order valence-electron chi connectivity index (χ4n) is 7.40. The fourth-order valence-corrected chi connectivity index (χ4v) is 7.40. The summed E-state index contributed by atoms with van der Waals surface area (Å²) in [4.78, 5) is 30.8. The zero-order valence-electron chi connectivity index (χ0n) is 36.8. The van der Waals surface area contributed by atoms with Crippen molar-refractivity contribution in [2.45, 2.75) is 227 Å². The Bertz CT molecular complexity index is 776. The molecule has 316 valence electrons. The van der Waals surface area contributed by atoms with Crippen LogP contribution >= 0.6 is 0 Å². The zero-order chi connectivity index (χ0) is 39.0. The fraction of sp³-hybridized carbons (Fsp3) is 0.957. The molecule has 0 spiro atoms. The van der Waals surface area contributed by atoms with Gasteiger partial charge in [0.05, 0.1) is 25.0 Å². The molecule has 0 N–H and O–H groups in total. The van der Waals surface area contributed by atoms with E-state index in [0.29, 0.717) is 13.2 Å². The van der Waals surface area contributed by atoms with E-state index in [1.165, 1.54) is 122 Å². The number of carbonyl (C=O) groups excluding carboxylic acids is 2. The Kier molecular flexibility index (Phi) is 39.6. The molecule has 0 bridgehead atoms. The van der Waals surface area contributed by atoms with E-state index in [-0.39, 0.29) is 23.8 Å². The van der Waals surface area contributed by atoms with Crippen molar-refractivity contribution in [2.75, 3.05) is 53.5 Å². The van der Waals surface area contributed by atoms with Crippen molar-refractivity contribution in [3.8, 4) is 0 Å². The van der Waals surface area contributed by atoms with Crippen LogP contribution in [0.2, 0.25) is 0 Å². The van der Waals surface area contributed by atoms with Crippen LogP contribution in [-0.4, -0.2) is 75.2 Å². The van der Waals surface area contributed by atoms with Crippen LogP contribution in [0.4, 0.5) is 0 Å². The Morgan fingerprint density at radius 3 is 1.04 bits per heavy atom. The van der Waals surface area contributed by atoms with Crippen molar-refractivity contribution in [3.05, 3.63) is 0 Å². The molecule has 0 saturated heterocycles. The van der Waals surface area contributed by atoms with Crippen LogP contribution in [-0.2, 0) is 19.1 Å². The number of ether oxygens (including phenoxy) is 2. The molecule has 0 radical (unpaired) electrons. The minimum absolute atomic E-state index is 0.0653. The van der Waals surface area contributed by atoms with Gasteiger partial charge in [-0.3, -0.25) is 9.59 Å². The van der Waals surface area contributed by atoms with Gasteiger partial charge < -0.3 is 19.3 Å². The summed E-state index contributed by atoms with van der Waals surface area (Å²) in [5.41, 5.74) is 0. The molecule has 0 aliphatic carbocycles. The lowest BCUT2D eigenvalue weighted by molar-refractivity contribution is -0.150. The lowest BCUT2D eigenvalue weighted by Crippen LogP contribution is -2.33. The standard InChI is InChI=1S/C47H94N2O4/c1-7-11-15-19-21-29-37-45(35-27-18-14-10-4)47(51)53-43-33-25-23-31-39-49(41-40-48(5)6)38-30-22-24-32-42-52-46(50)44(34-26-17-13-9-3)36-28-20-16-12-8-2/h44-45H,7-43H2,1-6H3/t44?,45-/m0/s1. The van der Waals surface area contributed by atoms with Gasteiger partial charge in [0.2, 0.25) is 0 Å². The summed E-state index contributed by atoms with van der Waals surface area (Å²) in [6, 6.07) is 0. The molecule has 53 heavy (non-hydrogen) atoms. The summed E-state index contributed by atoms with van der Waals surface area (Å²) < 4.78 is 11.7. The Hall–Kier alpha value is -1.14. The first-order valence-electron chi connectivity index (χ1n) is 23.6. The number of hydrogen-bond acceptors (Lipinski definition) is 6. The molecule has 6 heteroatoms. The maximum absolute atomic E-state index is 13.0. The minimum atomic E-state index is 0.0653. The van der Waals surface area contributed by atoms with Crippen molar-refractivity contribution in [3.63, 3.8) is 0 Å². The third kappa shape index (κ3) is 35.0. The number of likely N-dealkylation sites (N-methyl/N-ethyl adjacent to an activating group) is 1. The van der Waals surface area contributed by atoms with E-state index in [2.05, 4.69) is 51.6 Å². The van der Waals surface area contributed by atoms with Crippen LogP contribution in [0.15, 0.2) is 0 Å². The first-order valence-corrected chi connectivity index (χ1v) is 23.6. The smallest absolute Gasteiger partial charge is 0.308 e. The number of carbonyl (C=O) groups is 2. The summed E-state index contributed by atoms with van der Waals surface area (Å²) >= 11 is 0. The highest BCUT2D eigenvalue weighted by molar-refractivity contribution is 5.72. The van der Waals surface area contributed by atoms with Gasteiger partial charge in [0.15, 0.2) is 0 Å². The Morgan fingerprint density at radius 2 is 0.679 bits per heavy atom. The number of unbranched alkanes of at least 4 members (excludes halogenated alkanes) is 21. The van der Waals surface area contributed by atoms with Crippen LogP contribution in [0.1, 0.15) is 227 Å². The predicted octanol–water partition coefficient (Wildman–Crippen LogP) is 13.3. The number of hydrogen-bond donors (Lipinski definition) is 0. The van der Waals surface area contributed by atoms with Crippen molar-refractivity contribution in [1.82, 2.24) is 9.80 Å². The molecule has 1 unspecified atom stereocenters. The molecule has 0 amide bonds. The Morgan fingerprint density at radius 1 is 0.377 bits per heavy atom. The van der Waals surface area contributed by atoms with Gasteiger partial charge in [0.1, 0.15) is 0 Å². The van der Waals surface area contributed by atoms with Crippen LogP contribution in [0.3, 0.4) is 0 Å². The average molecular weight is 751 g/mol. The van der Waals surface area contributed by atoms with Gasteiger partial charge in [-0.2, -0.15) is 0 Å². The van der Waals surface area contributed by atoms with E-state index in [4.69, 9.17) is 9.47 Å². The number of esters is 2. The molecule has 0 rings (SSSR count). The highest BCUT2D eigenvalue weighted by Crippen LogP contribution is 2.22. The molecule has 0 aliphatic rings. The van der Waals surface area contributed by atoms with Crippen LogP contribution < -0.4 is 0 Å². The van der Waals surface area contributed by atoms with Crippen molar-refractivity contribution < 1.29 is 19.1 Å². The van der Waals surface area contributed by atoms with Gasteiger partial charge in [-0.15, -0.1) is 0 Å². The zero-order valence-corrected chi connectivity index (χ0v) is 36.8. The molecule has 6 nitrogen and oxygen atoms in total. The van der Waals surface area contributed by atoms with E-state index in [9.17, 15) is 9.59 Å². The molecule has 0 aromatic carbocycles. The van der Waals surface area contributed by atoms with E-state index in [0.717, 1.165) is 103 Å². The van der Waals surface area contributed by atoms with Gasteiger partial charge in [0, 0.05) is 13.1 Å². The number of nitrogens with zero attached hydrogens (tertiary/aromatic N) is 2. The van der Waals surface area contributed by atoms with E-state index >= 15 is 0 Å². The van der Waals surface area contributed by atoms with Crippen LogP contribution in [0.25, 0.3) is 0 Å². The third-order valence-electron chi connectivity index (χ3n) is 11.1. The molecule has 0 heterocycles. The summed E-state index contributed by atoms with van der Waals surface area (Å²) in [5, 5.41) is 0. The van der Waals surface area contributed by atoms with Crippen molar-refractivity contribution in [1.29, 1.82) is 0 Å². The van der Waals surface area contributed by atoms with Gasteiger partial charge in [0.25, 0.3) is 0 Å². The average Bonchev–Trinajstić information content (AvgIpc) is 3.15. The maximum atomic E-state index is 13.0. The summed E-state index contributed by atoms with van der Waals surface area (Å²) in [7, 11) is 4.32. The highest BCUT2D eigenvalue weighted by atomic mass is 16.5. The highest BCUT2D eigenvalue weighted by Gasteiger charge is 2.20. The Labute approximate surface area is 332 Å². The summed E-state index contributed by atoms with van der Waals surface area (Å²) in [5.74, 6) is 0.338. The monoisotopic (exact) mass is 751 g/mol. The second kappa shape index (κ2) is 40.5. The predicted molar refractivity (Wildman–Crippen MR) is 230 cm³/mol. The topological polar surface area (TPSA) is 59.1 Å². The third-order valence-corrected chi connectivity index (χ3v) is 11.1. The van der Waals surface area contributed by atoms with Gasteiger partial charge in [-0.1, -0.05) is 175 Å². The molecule has 0 aromatic heterocycles. The Balaban J connectivity index is 4.36. The van der Waals surface area contributed by atoms with Crippen LogP contribution in [0.5, 0.6) is 0 Å². The lowest BCUT2D eigenvalue weighted by Gasteiger charge is -2.24. The van der Waals surface area contributed by atoms with Gasteiger partial charge in [-0.05, 0) is 78.6 Å². The first-order chi connectivity index (χ1) is 25.9. The lowest BCUT2D eigenvalue weighted by atomic mass is 9.94. The minimum Gasteiger partial charge on any atom is -0.465 e. The largest absolute Gasteiger partial charge is 0.465 e. The molecule has 0 aliphatic heterocycles. The molecular formula is C47H94N2O4. The normalized spacial score (nSPS) is 12.8. The van der Waals surface area contributed by atoms with Crippen molar-refractivity contribution in [2.24, 2.45) is 11.8 Å². The van der Waals surface area contributed by atoms with E-state index < -0.39 is 0 Å². The quantitative estimate of drug-likeness (QED) is 0.0457. The second-order valence-electron chi connectivity index (χ2n) is 16.7. The van der Waals surface area contributed by atoms with E-state index in [1.54, 1.807) is 0 Å². The van der Waals surface area contributed by atoms with Crippen molar-refractivity contribution >= 4 is 11.9 Å². The SMILES string of the molecule is CCCCCCCC[C@H](CCCCCC)C(=O)OCCCCCCN(CCCCCCOC(=O)C(CCCCCC)CCCCCCC)CCN(C)C. The number of rotatable bonds is 42. The maximum Gasteiger partial charge on any atom is 0.308 e. The van der Waals surface area contributed by atoms with Gasteiger partial charge in [-0.25, -0.2) is 0 Å². The van der Waals surface area contributed by atoms with Gasteiger partial charge >= 0.3 is 11.9 Å². The van der Waals surface area contributed by atoms with Crippen LogP contribution in [0, 0.1) is 11.8 Å². The summed E-state index contributed by atoms with van der Waals surface area (Å²) in [6.07, 6.45) is 36.7. The molecule has 0 saturated carbocycles. The first kappa shape index (κ1) is 51.9. The molecular weight excluding hydrogens is 657 g/mol. The molecule has 0 fully saturated rings. The molecule has 2 atom stereocenters. The molecule has 0 aromatic rings. The van der Waals surface area contributed by atoms with E-state index in [1.807, 2.05) is 0 Å².